The molecular formula is C17H30O2. The zero-order chi connectivity index (χ0) is 14.5. The van der Waals surface area contributed by atoms with Crippen molar-refractivity contribution < 1.29 is 9.47 Å². The van der Waals surface area contributed by atoms with E-state index in [0.29, 0.717) is 0 Å². The van der Waals surface area contributed by atoms with Crippen molar-refractivity contribution in [3.8, 4) is 0 Å². The first-order chi connectivity index (χ1) is 8.77. The molecule has 1 rings (SSSR count). The number of hydrogen-bond donors (Lipinski definition) is 0. The molecule has 0 spiro atoms. The Morgan fingerprint density at radius 3 is 2.37 bits per heavy atom. The first-order valence-electron chi connectivity index (χ1n) is 7.41. The van der Waals surface area contributed by atoms with Crippen molar-refractivity contribution in [1.29, 1.82) is 0 Å². The monoisotopic (exact) mass is 266 g/mol. The predicted molar refractivity (Wildman–Crippen MR) is 81.2 cm³/mol. The number of hydrogen-bond acceptors (Lipinski definition) is 2. The fourth-order valence-electron chi connectivity index (χ4n) is 2.67. The Balaban J connectivity index is 2.40. The third-order valence-electron chi connectivity index (χ3n) is 3.57. The molecule has 0 radical (unpaired) electrons. The van der Waals surface area contributed by atoms with Crippen LogP contribution >= 0.6 is 0 Å². The quantitative estimate of drug-likeness (QED) is 0.497. The van der Waals surface area contributed by atoms with E-state index in [1.165, 1.54) is 5.57 Å². The van der Waals surface area contributed by atoms with Crippen LogP contribution in [0.25, 0.3) is 0 Å². The van der Waals surface area contributed by atoms with Gasteiger partial charge in [0.05, 0.1) is 11.7 Å². The van der Waals surface area contributed by atoms with Crippen LogP contribution in [0.4, 0.5) is 0 Å². The molecule has 0 saturated carbocycles. The highest BCUT2D eigenvalue weighted by Crippen LogP contribution is 2.38. The van der Waals surface area contributed by atoms with Crippen molar-refractivity contribution in [3.05, 3.63) is 23.8 Å². The Hall–Kier alpha value is -0.600. The Labute approximate surface area is 118 Å². The molecular weight excluding hydrogens is 236 g/mol. The van der Waals surface area contributed by atoms with Gasteiger partial charge in [0.25, 0.3) is 0 Å². The summed E-state index contributed by atoms with van der Waals surface area (Å²) in [4.78, 5) is 0. The number of rotatable bonds is 6. The summed E-state index contributed by atoms with van der Waals surface area (Å²) in [5.74, 6) is -0.447. The smallest absolute Gasteiger partial charge is 0.164 e. The molecule has 19 heavy (non-hydrogen) atoms. The van der Waals surface area contributed by atoms with Gasteiger partial charge in [-0.15, -0.1) is 0 Å². The average Bonchev–Trinajstić information content (AvgIpc) is 2.49. The van der Waals surface area contributed by atoms with Gasteiger partial charge < -0.3 is 9.47 Å². The summed E-state index contributed by atoms with van der Waals surface area (Å²) in [6.45, 7) is 12.5. The number of ether oxygens (including phenoxy) is 2. The van der Waals surface area contributed by atoms with Crippen LogP contribution in [0.3, 0.4) is 0 Å². The second-order valence-electron chi connectivity index (χ2n) is 6.45. The standard InChI is InChI=1S/C17H30O2/c1-7-8-9-10-11-14(2)12-13-15-16(3,4)19-17(5,6)18-15/h7-8,11,15H,9-10,12-13H2,1-6H3/b8-7-,14-11+/t15-/m1/s1. The average molecular weight is 266 g/mol. The molecule has 0 bridgehead atoms. The van der Waals surface area contributed by atoms with Crippen LogP contribution in [-0.4, -0.2) is 17.5 Å². The Kier molecular flexibility index (Phi) is 5.82. The molecule has 0 aromatic rings. The molecule has 0 aliphatic carbocycles. The fraction of sp³-hybridized carbons (Fsp3) is 0.765. The van der Waals surface area contributed by atoms with E-state index < -0.39 is 5.79 Å². The Morgan fingerprint density at radius 1 is 1.16 bits per heavy atom. The molecule has 0 unspecified atom stereocenters. The molecule has 2 nitrogen and oxygen atoms in total. The molecule has 0 amide bonds. The molecule has 1 aliphatic rings. The SMILES string of the molecule is C/C=C\CC/C=C(\C)CC[C@H]1OC(C)(C)OC1(C)C. The van der Waals surface area contributed by atoms with Crippen LogP contribution < -0.4 is 0 Å². The topological polar surface area (TPSA) is 18.5 Å². The fourth-order valence-corrected chi connectivity index (χ4v) is 2.67. The lowest BCUT2D eigenvalue weighted by Crippen LogP contribution is -2.33. The van der Waals surface area contributed by atoms with Crippen molar-refractivity contribution in [3.63, 3.8) is 0 Å². The summed E-state index contributed by atoms with van der Waals surface area (Å²) in [5.41, 5.74) is 1.27. The summed E-state index contributed by atoms with van der Waals surface area (Å²) in [6.07, 6.45) is 11.2. The Morgan fingerprint density at radius 2 is 1.84 bits per heavy atom. The summed E-state index contributed by atoms with van der Waals surface area (Å²) < 4.78 is 11.9. The lowest BCUT2D eigenvalue weighted by Gasteiger charge is -2.24. The lowest BCUT2D eigenvalue weighted by atomic mass is 9.95. The minimum Gasteiger partial charge on any atom is -0.344 e. The lowest BCUT2D eigenvalue weighted by molar-refractivity contribution is -0.157. The maximum Gasteiger partial charge on any atom is 0.164 e. The van der Waals surface area contributed by atoms with Crippen molar-refractivity contribution in [1.82, 2.24) is 0 Å². The summed E-state index contributed by atoms with van der Waals surface area (Å²) >= 11 is 0. The van der Waals surface area contributed by atoms with E-state index in [4.69, 9.17) is 9.47 Å². The van der Waals surface area contributed by atoms with Crippen molar-refractivity contribution in [2.45, 2.75) is 84.7 Å². The maximum absolute atomic E-state index is 6.00. The highest BCUT2D eigenvalue weighted by atomic mass is 16.8. The van der Waals surface area contributed by atoms with E-state index >= 15 is 0 Å². The second kappa shape index (κ2) is 6.71. The summed E-state index contributed by atoms with van der Waals surface area (Å²) in [5, 5.41) is 0. The third-order valence-corrected chi connectivity index (χ3v) is 3.57. The highest BCUT2D eigenvalue weighted by Gasteiger charge is 2.46. The van der Waals surface area contributed by atoms with E-state index in [9.17, 15) is 0 Å². The number of allylic oxidation sites excluding steroid dienone is 4. The van der Waals surface area contributed by atoms with Gasteiger partial charge in [-0.05, 0) is 67.2 Å². The highest BCUT2D eigenvalue weighted by molar-refractivity contribution is 5.01. The largest absolute Gasteiger partial charge is 0.344 e. The van der Waals surface area contributed by atoms with Crippen LogP contribution in [0.5, 0.6) is 0 Å². The van der Waals surface area contributed by atoms with E-state index in [-0.39, 0.29) is 11.7 Å². The minimum absolute atomic E-state index is 0.182. The second-order valence-corrected chi connectivity index (χ2v) is 6.45. The van der Waals surface area contributed by atoms with Gasteiger partial charge in [0.1, 0.15) is 0 Å². The van der Waals surface area contributed by atoms with Crippen molar-refractivity contribution in [2.24, 2.45) is 0 Å². The molecule has 1 atom stereocenters. The first kappa shape index (κ1) is 16.5. The molecule has 0 aromatic heterocycles. The van der Waals surface area contributed by atoms with E-state index in [1.54, 1.807) is 0 Å². The van der Waals surface area contributed by atoms with Gasteiger partial charge in [0.2, 0.25) is 0 Å². The van der Waals surface area contributed by atoms with Gasteiger partial charge in [0.15, 0.2) is 5.79 Å². The van der Waals surface area contributed by atoms with Crippen LogP contribution in [-0.2, 0) is 9.47 Å². The molecule has 0 N–H and O–H groups in total. The zero-order valence-corrected chi connectivity index (χ0v) is 13.5. The van der Waals surface area contributed by atoms with Gasteiger partial charge in [-0.3, -0.25) is 0 Å². The minimum atomic E-state index is -0.447. The van der Waals surface area contributed by atoms with Gasteiger partial charge in [-0.25, -0.2) is 0 Å². The van der Waals surface area contributed by atoms with E-state index in [0.717, 1.165) is 25.7 Å². The number of unbranched alkanes of at least 4 members (excludes halogenated alkanes) is 1. The molecule has 1 aliphatic heterocycles. The van der Waals surface area contributed by atoms with Crippen LogP contribution in [0.1, 0.15) is 67.2 Å². The van der Waals surface area contributed by atoms with Crippen molar-refractivity contribution in [2.75, 3.05) is 0 Å². The van der Waals surface area contributed by atoms with Gasteiger partial charge >= 0.3 is 0 Å². The molecule has 1 heterocycles. The van der Waals surface area contributed by atoms with Gasteiger partial charge in [0, 0.05) is 0 Å². The van der Waals surface area contributed by atoms with Crippen molar-refractivity contribution >= 4 is 0 Å². The van der Waals surface area contributed by atoms with Gasteiger partial charge in [-0.2, -0.15) is 0 Å². The Bertz CT molecular complexity index is 337. The normalized spacial score (nSPS) is 26.2. The third kappa shape index (κ3) is 5.50. The van der Waals surface area contributed by atoms with Crippen LogP contribution in [0, 0.1) is 0 Å². The first-order valence-corrected chi connectivity index (χ1v) is 7.41. The predicted octanol–water partition coefficient (Wildman–Crippen LogP) is 5.00. The molecule has 1 saturated heterocycles. The molecule has 1 fully saturated rings. The van der Waals surface area contributed by atoms with Crippen LogP contribution in [0.15, 0.2) is 23.8 Å². The van der Waals surface area contributed by atoms with Crippen LogP contribution in [0.2, 0.25) is 0 Å². The maximum atomic E-state index is 6.00. The molecule has 0 aromatic carbocycles. The van der Waals surface area contributed by atoms with Gasteiger partial charge in [-0.1, -0.05) is 23.8 Å². The van der Waals surface area contributed by atoms with E-state index in [2.05, 4.69) is 45.9 Å². The van der Waals surface area contributed by atoms with E-state index in [1.807, 2.05) is 13.8 Å². The molecule has 2 heteroatoms. The molecule has 110 valence electrons. The zero-order valence-electron chi connectivity index (χ0n) is 13.5. The summed E-state index contributed by atoms with van der Waals surface area (Å²) in [6, 6.07) is 0. The summed E-state index contributed by atoms with van der Waals surface area (Å²) in [7, 11) is 0.